The van der Waals surface area contributed by atoms with Crippen molar-refractivity contribution in [2.24, 2.45) is 5.10 Å². The van der Waals surface area contributed by atoms with E-state index in [1.54, 1.807) is 32.0 Å². The van der Waals surface area contributed by atoms with Crippen LogP contribution in [0.4, 0.5) is 11.1 Å². The van der Waals surface area contributed by atoms with Gasteiger partial charge in [-0.15, -0.1) is 20.4 Å². The molecule has 12 nitrogen and oxygen atoms in total. The third kappa shape index (κ3) is 7.14. The van der Waals surface area contributed by atoms with Crippen molar-refractivity contribution in [3.8, 4) is 11.5 Å². The van der Waals surface area contributed by atoms with Gasteiger partial charge < -0.3 is 15.3 Å². The fourth-order valence-electron chi connectivity index (χ4n) is 3.03. The summed E-state index contributed by atoms with van der Waals surface area (Å²) in [7, 11) is 3.15. The number of amides is 1. The lowest BCUT2D eigenvalue weighted by molar-refractivity contribution is -0.113. The maximum atomic E-state index is 12.4. The van der Waals surface area contributed by atoms with E-state index in [-0.39, 0.29) is 17.6 Å². The number of benzene rings is 2. The number of nitrogens with one attached hydrogen (secondary N) is 2. The molecule has 4 aromatic rings. The normalized spacial score (nSPS) is 11.3. The highest BCUT2D eigenvalue weighted by Gasteiger charge is 2.14. The van der Waals surface area contributed by atoms with E-state index in [9.17, 15) is 4.79 Å². The molecule has 0 unspecified atom stereocenters. The summed E-state index contributed by atoms with van der Waals surface area (Å²) in [4.78, 5) is 12.4. The van der Waals surface area contributed by atoms with E-state index in [1.807, 2.05) is 37.3 Å². The van der Waals surface area contributed by atoms with Crippen LogP contribution in [0.15, 0.2) is 63.1 Å². The topological polar surface area (TPSA) is 154 Å². The molecule has 198 valence electrons. The van der Waals surface area contributed by atoms with E-state index in [1.165, 1.54) is 21.6 Å². The molecule has 38 heavy (non-hydrogen) atoms. The Labute approximate surface area is 231 Å². The summed E-state index contributed by atoms with van der Waals surface area (Å²) in [5, 5.41) is 24.0. The first-order valence-corrected chi connectivity index (χ1v) is 13.9. The number of ether oxygens (including phenoxy) is 2. The summed E-state index contributed by atoms with van der Waals surface area (Å²) in [5.74, 6) is 8.10. The number of carbonyl (C=O) groups is 1. The van der Waals surface area contributed by atoms with Crippen LogP contribution in [0.1, 0.15) is 18.1 Å². The van der Waals surface area contributed by atoms with E-state index in [2.05, 4.69) is 48.4 Å². The lowest BCUT2D eigenvalue weighted by Crippen LogP contribution is -2.17. The van der Waals surface area contributed by atoms with Crippen LogP contribution in [0.2, 0.25) is 0 Å². The number of aromatic nitrogens is 5. The second-order valence-corrected chi connectivity index (χ2v) is 10.7. The zero-order valence-electron chi connectivity index (χ0n) is 20.7. The van der Waals surface area contributed by atoms with Gasteiger partial charge in [-0.05, 0) is 30.7 Å². The second kappa shape index (κ2) is 13.1. The molecule has 4 rings (SSSR count). The Bertz CT molecular complexity index is 1410. The predicted octanol–water partition coefficient (Wildman–Crippen LogP) is 3.72. The maximum absolute atomic E-state index is 12.4. The number of nitrogen functional groups attached to an aromatic ring is 1. The Morgan fingerprint density at radius 2 is 1.84 bits per heavy atom. The molecule has 2 aromatic heterocycles. The average Bonchev–Trinajstić information content (AvgIpc) is 3.54. The molecule has 4 N–H and O–H groups in total. The number of nitrogens with zero attached hydrogens (tertiary/aromatic N) is 6. The minimum absolute atomic E-state index is 0.0648. The van der Waals surface area contributed by atoms with Gasteiger partial charge in [0.1, 0.15) is 0 Å². The van der Waals surface area contributed by atoms with Crippen molar-refractivity contribution in [1.82, 2.24) is 25.1 Å². The Morgan fingerprint density at radius 1 is 1.05 bits per heavy atom. The van der Waals surface area contributed by atoms with Gasteiger partial charge in [0.15, 0.2) is 15.8 Å². The molecule has 0 atom stereocenters. The lowest BCUT2D eigenvalue weighted by atomic mass is 10.1. The van der Waals surface area contributed by atoms with Crippen LogP contribution in [0, 0.1) is 0 Å². The smallest absolute Gasteiger partial charge is 0.264 e. The van der Waals surface area contributed by atoms with Crippen molar-refractivity contribution in [3.05, 3.63) is 59.7 Å². The monoisotopic (exact) mass is 571 g/mol. The Morgan fingerprint density at radius 3 is 2.61 bits per heavy atom. The molecule has 0 saturated heterocycles. The highest BCUT2D eigenvalue weighted by Crippen LogP contribution is 2.29. The molecular weight excluding hydrogens is 547 g/mol. The average molecular weight is 572 g/mol. The van der Waals surface area contributed by atoms with Gasteiger partial charge in [-0.3, -0.25) is 10.1 Å². The first-order valence-electron chi connectivity index (χ1n) is 11.1. The molecule has 0 saturated carbocycles. The van der Waals surface area contributed by atoms with E-state index >= 15 is 0 Å². The molecule has 2 aromatic carbocycles. The van der Waals surface area contributed by atoms with Crippen LogP contribution in [-0.4, -0.2) is 56.7 Å². The van der Waals surface area contributed by atoms with Gasteiger partial charge in [-0.25, -0.2) is 10.1 Å². The molecule has 0 radical (unpaired) electrons. The quantitative estimate of drug-likeness (QED) is 0.0749. The largest absolute Gasteiger partial charge is 0.493 e. The molecule has 0 bridgehead atoms. The number of hydrogen-bond donors (Lipinski definition) is 3. The molecule has 0 spiro atoms. The van der Waals surface area contributed by atoms with Crippen LogP contribution in [0.5, 0.6) is 11.5 Å². The highest BCUT2D eigenvalue weighted by molar-refractivity contribution is 8.00. The SMILES string of the molecule is COc1ccc(/C(C)=N/Nc2nnc(SCC(=O)Nc3nnc(SCc4ccccc4)s3)n2N)cc1OC. The van der Waals surface area contributed by atoms with Crippen molar-refractivity contribution < 1.29 is 14.3 Å². The molecule has 0 aliphatic heterocycles. The number of nitrogens with two attached hydrogens (primary N) is 1. The van der Waals surface area contributed by atoms with Gasteiger partial charge in [0.2, 0.25) is 16.2 Å². The number of hydrogen-bond acceptors (Lipinski definition) is 13. The molecule has 0 fully saturated rings. The summed E-state index contributed by atoms with van der Waals surface area (Å²) in [6.45, 7) is 1.82. The molecule has 2 heterocycles. The number of rotatable bonds is 12. The van der Waals surface area contributed by atoms with Crippen LogP contribution in [-0.2, 0) is 10.5 Å². The summed E-state index contributed by atoms with van der Waals surface area (Å²) in [6.07, 6.45) is 0. The third-order valence-electron chi connectivity index (χ3n) is 4.98. The fourth-order valence-corrected chi connectivity index (χ4v) is 5.42. The third-order valence-corrected chi connectivity index (χ3v) is 7.97. The van der Waals surface area contributed by atoms with Gasteiger partial charge in [-0.2, -0.15) is 5.10 Å². The lowest BCUT2D eigenvalue weighted by Gasteiger charge is -2.09. The predicted molar refractivity (Wildman–Crippen MR) is 151 cm³/mol. The number of hydrazone groups is 1. The molecule has 0 aliphatic rings. The van der Waals surface area contributed by atoms with Gasteiger partial charge >= 0.3 is 0 Å². The first-order chi connectivity index (χ1) is 18.5. The number of anilines is 2. The summed E-state index contributed by atoms with van der Waals surface area (Å²) >= 11 is 4.02. The van der Waals surface area contributed by atoms with Crippen molar-refractivity contribution >= 4 is 57.6 Å². The van der Waals surface area contributed by atoms with Gasteiger partial charge in [0, 0.05) is 11.3 Å². The highest BCUT2D eigenvalue weighted by atomic mass is 32.2. The van der Waals surface area contributed by atoms with Crippen molar-refractivity contribution in [1.29, 1.82) is 0 Å². The molecular formula is C23H25N9O3S3. The molecule has 1 amide bonds. The van der Waals surface area contributed by atoms with Crippen molar-refractivity contribution in [3.63, 3.8) is 0 Å². The van der Waals surface area contributed by atoms with E-state index < -0.39 is 0 Å². The molecule has 15 heteroatoms. The van der Waals surface area contributed by atoms with Crippen LogP contribution < -0.4 is 26.1 Å². The standard InChI is InChI=1S/C23H25N9O3S3/c1-14(16-9-10-17(34-2)18(11-16)35-3)26-27-20-28-30-22(32(20)24)36-13-19(33)25-21-29-31-23(38-21)37-12-15-7-5-4-6-8-15/h4-11H,12-13,24H2,1-3H3,(H,27,28)(H,25,29,33)/b26-14+. The van der Waals surface area contributed by atoms with Crippen LogP contribution in [0.25, 0.3) is 0 Å². The van der Waals surface area contributed by atoms with Crippen molar-refractivity contribution in [2.75, 3.05) is 36.6 Å². The van der Waals surface area contributed by atoms with Gasteiger partial charge in [-0.1, -0.05) is 65.2 Å². The second-order valence-electron chi connectivity index (χ2n) is 7.54. The number of carbonyl (C=O) groups excluding carboxylic acids is 1. The molecule has 0 aliphatic carbocycles. The van der Waals surface area contributed by atoms with Crippen LogP contribution in [0.3, 0.4) is 0 Å². The summed E-state index contributed by atoms with van der Waals surface area (Å²) in [5.41, 5.74) is 5.48. The maximum Gasteiger partial charge on any atom is 0.264 e. The van der Waals surface area contributed by atoms with E-state index in [0.29, 0.717) is 27.5 Å². The van der Waals surface area contributed by atoms with Gasteiger partial charge in [0.25, 0.3) is 5.95 Å². The summed E-state index contributed by atoms with van der Waals surface area (Å²) < 4.78 is 12.6. The number of thioether (sulfide) groups is 2. The minimum Gasteiger partial charge on any atom is -0.493 e. The Hall–Kier alpha value is -3.82. The Kier molecular flexibility index (Phi) is 9.40. The Balaban J connectivity index is 1.27. The van der Waals surface area contributed by atoms with Gasteiger partial charge in [0.05, 0.1) is 25.7 Å². The van der Waals surface area contributed by atoms with Crippen molar-refractivity contribution in [2.45, 2.75) is 22.2 Å². The zero-order chi connectivity index (χ0) is 26.9. The number of methoxy groups -OCH3 is 2. The summed E-state index contributed by atoms with van der Waals surface area (Å²) in [6, 6.07) is 15.5. The van der Waals surface area contributed by atoms with E-state index in [0.717, 1.165) is 27.4 Å². The first kappa shape index (κ1) is 27.2. The zero-order valence-corrected chi connectivity index (χ0v) is 23.2. The minimum atomic E-state index is -0.259. The van der Waals surface area contributed by atoms with Crippen LogP contribution >= 0.6 is 34.9 Å². The fraction of sp³-hybridized carbons (Fsp3) is 0.217. The van der Waals surface area contributed by atoms with E-state index in [4.69, 9.17) is 15.3 Å².